The SMILES string of the molecule is CC(C)[P+](C)(c1cc(C(C)(C)C)ccc1N(c1ccccc1)c1ccc(C(C)(C)C)cc1[P+](C)(C(C)C)C(C)C)C(C)C. The highest BCUT2D eigenvalue weighted by Gasteiger charge is 2.48. The van der Waals surface area contributed by atoms with Gasteiger partial charge in [-0.1, -0.05) is 71.9 Å². The first-order chi connectivity index (χ1) is 19.7. The third-order valence-corrected chi connectivity index (χ3v) is 21.9. The molecule has 3 aromatic carbocycles. The van der Waals surface area contributed by atoms with Crippen LogP contribution in [0.5, 0.6) is 0 Å². The molecule has 0 aliphatic heterocycles. The van der Waals surface area contributed by atoms with Crippen LogP contribution < -0.4 is 15.5 Å². The maximum Gasteiger partial charge on any atom is 0.118 e. The Hall–Kier alpha value is -1.68. The number of nitrogens with zero attached hydrogens (tertiary/aromatic N) is 1. The van der Waals surface area contributed by atoms with Gasteiger partial charge in [0, 0.05) is 5.69 Å². The maximum absolute atomic E-state index is 2.65. The molecule has 0 aromatic heterocycles. The third kappa shape index (κ3) is 6.95. The molecule has 236 valence electrons. The molecule has 0 bridgehead atoms. The van der Waals surface area contributed by atoms with Crippen molar-refractivity contribution in [3.8, 4) is 0 Å². The standard InChI is InChI=1S/C40H63NP2/c1-28(2)42(15,29(3)4)37-26-32(39(9,10)11)22-24-35(37)41(34-20-18-17-19-21-34)36-25-23-33(40(12,13)14)27-38(36)43(16,30(5)6)31(7)8/h17-31H,1-16H3/q+2. The summed E-state index contributed by atoms with van der Waals surface area (Å²) < 4.78 is 0. The quantitative estimate of drug-likeness (QED) is 0.215. The molecular formula is C40H63NP2+2. The fourth-order valence-electron chi connectivity index (χ4n) is 6.42. The van der Waals surface area contributed by atoms with Gasteiger partial charge in [0.15, 0.2) is 0 Å². The molecule has 0 saturated carbocycles. The minimum Gasteiger partial charge on any atom is -0.303 e. The number of hydrogen-bond donors (Lipinski definition) is 0. The van der Waals surface area contributed by atoms with Crippen molar-refractivity contribution in [2.45, 2.75) is 130 Å². The second-order valence-electron chi connectivity index (χ2n) is 16.2. The van der Waals surface area contributed by atoms with Gasteiger partial charge in [-0.2, -0.15) is 0 Å². The second-order valence-corrected chi connectivity index (χ2v) is 25.9. The van der Waals surface area contributed by atoms with Crippen molar-refractivity contribution in [3.63, 3.8) is 0 Å². The Morgan fingerprint density at radius 2 is 0.814 bits per heavy atom. The van der Waals surface area contributed by atoms with Gasteiger partial charge in [-0.05, 0) is 114 Å². The van der Waals surface area contributed by atoms with E-state index >= 15 is 0 Å². The second kappa shape index (κ2) is 13.0. The van der Waals surface area contributed by atoms with Crippen molar-refractivity contribution in [2.24, 2.45) is 0 Å². The number of para-hydroxylation sites is 1. The zero-order valence-corrected chi connectivity index (χ0v) is 32.3. The molecule has 3 aromatic rings. The third-order valence-electron chi connectivity index (χ3n) is 10.5. The van der Waals surface area contributed by atoms with Crippen molar-refractivity contribution in [2.75, 3.05) is 18.2 Å². The lowest BCUT2D eigenvalue weighted by Gasteiger charge is -2.39. The Morgan fingerprint density at radius 3 is 1.09 bits per heavy atom. The lowest BCUT2D eigenvalue weighted by Crippen LogP contribution is -2.34. The first-order valence-electron chi connectivity index (χ1n) is 16.6. The number of rotatable bonds is 9. The number of hydrogen-bond acceptors (Lipinski definition) is 1. The predicted molar refractivity (Wildman–Crippen MR) is 204 cm³/mol. The average Bonchev–Trinajstić information content (AvgIpc) is 2.91. The van der Waals surface area contributed by atoms with E-state index < -0.39 is 14.5 Å². The van der Waals surface area contributed by atoms with Gasteiger partial charge in [0.1, 0.15) is 10.6 Å². The highest BCUT2D eigenvalue weighted by Crippen LogP contribution is 2.66. The molecule has 0 fully saturated rings. The van der Waals surface area contributed by atoms with Gasteiger partial charge in [0.05, 0.1) is 61.9 Å². The maximum atomic E-state index is 2.65. The molecule has 0 saturated heterocycles. The van der Waals surface area contributed by atoms with E-state index in [4.69, 9.17) is 0 Å². The van der Waals surface area contributed by atoms with Crippen molar-refractivity contribution in [3.05, 3.63) is 77.9 Å². The molecule has 1 nitrogen and oxygen atoms in total. The van der Waals surface area contributed by atoms with Crippen molar-refractivity contribution in [1.29, 1.82) is 0 Å². The van der Waals surface area contributed by atoms with Gasteiger partial charge in [0.25, 0.3) is 0 Å². The van der Waals surface area contributed by atoms with E-state index in [0.29, 0.717) is 22.6 Å². The molecule has 3 heteroatoms. The van der Waals surface area contributed by atoms with E-state index in [0.717, 1.165) is 0 Å². The molecule has 0 spiro atoms. The first kappa shape index (κ1) is 35.8. The van der Waals surface area contributed by atoms with Crippen LogP contribution in [0.3, 0.4) is 0 Å². The first-order valence-corrected chi connectivity index (χ1v) is 21.3. The molecular weight excluding hydrogens is 556 g/mol. The summed E-state index contributed by atoms with van der Waals surface area (Å²) >= 11 is 0. The van der Waals surface area contributed by atoms with Crippen LogP contribution in [0, 0.1) is 0 Å². The summed E-state index contributed by atoms with van der Waals surface area (Å²) in [5.41, 5.74) is 9.35. The Kier molecular flexibility index (Phi) is 10.8. The summed E-state index contributed by atoms with van der Waals surface area (Å²) in [6, 6.07) is 26.1. The molecule has 0 radical (unpaired) electrons. The Bertz CT molecular complexity index is 1270. The zero-order chi connectivity index (χ0) is 32.7. The van der Waals surface area contributed by atoms with Gasteiger partial charge in [-0.15, -0.1) is 0 Å². The minimum atomic E-state index is -1.56. The van der Waals surface area contributed by atoms with Crippen LogP contribution in [0.1, 0.15) is 108 Å². The molecule has 0 aliphatic carbocycles. The van der Waals surface area contributed by atoms with Gasteiger partial charge in [-0.3, -0.25) is 0 Å². The summed E-state index contributed by atoms with van der Waals surface area (Å²) in [4.78, 5) is 2.65. The Labute approximate surface area is 268 Å². The monoisotopic (exact) mass is 619 g/mol. The van der Waals surface area contributed by atoms with Crippen LogP contribution in [-0.2, 0) is 10.8 Å². The number of anilines is 3. The molecule has 0 N–H and O–H groups in total. The van der Waals surface area contributed by atoms with Crippen LogP contribution in [-0.4, -0.2) is 36.0 Å². The molecule has 3 rings (SSSR count). The summed E-state index contributed by atoms with van der Waals surface area (Å²) in [5, 5.41) is 3.13. The molecule has 0 amide bonds. The number of benzene rings is 3. The van der Waals surface area contributed by atoms with Crippen LogP contribution >= 0.6 is 14.5 Å². The van der Waals surface area contributed by atoms with Crippen molar-refractivity contribution < 1.29 is 0 Å². The normalized spacial score (nSPS) is 13.5. The summed E-state index contributed by atoms with van der Waals surface area (Å²) in [6.45, 7) is 39.0. The van der Waals surface area contributed by atoms with E-state index in [1.807, 2.05) is 0 Å². The van der Waals surface area contributed by atoms with Gasteiger partial charge in [0.2, 0.25) is 0 Å². The van der Waals surface area contributed by atoms with Gasteiger partial charge >= 0.3 is 0 Å². The van der Waals surface area contributed by atoms with E-state index in [9.17, 15) is 0 Å². The Morgan fingerprint density at radius 1 is 0.488 bits per heavy atom. The zero-order valence-electron chi connectivity index (χ0n) is 30.5. The van der Waals surface area contributed by atoms with Crippen LogP contribution in [0.15, 0.2) is 66.7 Å². The van der Waals surface area contributed by atoms with Crippen molar-refractivity contribution >= 4 is 42.2 Å². The van der Waals surface area contributed by atoms with Crippen LogP contribution in [0.2, 0.25) is 0 Å². The summed E-state index contributed by atoms with van der Waals surface area (Å²) in [7, 11) is -3.11. The average molecular weight is 620 g/mol. The lowest BCUT2D eigenvalue weighted by atomic mass is 9.86. The van der Waals surface area contributed by atoms with Gasteiger partial charge in [-0.25, -0.2) is 0 Å². The topological polar surface area (TPSA) is 3.24 Å². The Balaban J connectivity index is 2.60. The van der Waals surface area contributed by atoms with E-state index in [1.54, 1.807) is 10.6 Å². The summed E-state index contributed by atoms with van der Waals surface area (Å²) in [6.07, 6.45) is 0. The smallest absolute Gasteiger partial charge is 0.118 e. The van der Waals surface area contributed by atoms with E-state index in [-0.39, 0.29) is 10.8 Å². The molecule has 0 heterocycles. The van der Waals surface area contributed by atoms with E-state index in [1.165, 1.54) is 28.2 Å². The minimum absolute atomic E-state index is 0.0859. The lowest BCUT2D eigenvalue weighted by molar-refractivity contribution is 0.590. The molecule has 0 aliphatic rings. The van der Waals surface area contributed by atoms with Crippen molar-refractivity contribution in [1.82, 2.24) is 0 Å². The largest absolute Gasteiger partial charge is 0.303 e. The molecule has 43 heavy (non-hydrogen) atoms. The molecule has 0 atom stereocenters. The van der Waals surface area contributed by atoms with E-state index in [2.05, 4.69) is 182 Å². The fourth-order valence-corrected chi connectivity index (χ4v) is 13.2. The molecule has 0 unspecified atom stereocenters. The van der Waals surface area contributed by atoms with Gasteiger partial charge < -0.3 is 4.90 Å². The summed E-state index contributed by atoms with van der Waals surface area (Å²) in [5.74, 6) is 0. The fraction of sp³-hybridized carbons (Fsp3) is 0.550. The predicted octanol–water partition coefficient (Wildman–Crippen LogP) is 11.9. The van der Waals surface area contributed by atoms with Crippen LogP contribution in [0.4, 0.5) is 17.1 Å². The van der Waals surface area contributed by atoms with Crippen LogP contribution in [0.25, 0.3) is 0 Å². The highest BCUT2D eigenvalue weighted by molar-refractivity contribution is 7.84. The highest BCUT2D eigenvalue weighted by atomic mass is 31.2.